The predicted octanol–water partition coefficient (Wildman–Crippen LogP) is 0.623. The summed E-state index contributed by atoms with van der Waals surface area (Å²) in [6, 6.07) is 7.20. The van der Waals surface area contributed by atoms with Gasteiger partial charge in [-0.15, -0.1) is 0 Å². The van der Waals surface area contributed by atoms with Crippen molar-refractivity contribution >= 4 is 23.3 Å². The van der Waals surface area contributed by atoms with Gasteiger partial charge in [0.2, 0.25) is 11.8 Å². The monoisotopic (exact) mass is 260 g/mol. The van der Waals surface area contributed by atoms with Crippen molar-refractivity contribution in [3.8, 4) is 0 Å². The topological polar surface area (TPSA) is 57.7 Å². The van der Waals surface area contributed by atoms with Crippen LogP contribution in [0.25, 0.3) is 0 Å². The zero-order chi connectivity index (χ0) is 14.0. The number of hydrogen-bond donors (Lipinski definition) is 0. The van der Waals surface area contributed by atoms with Crippen LogP contribution < -0.4 is 4.90 Å². The van der Waals surface area contributed by atoms with Gasteiger partial charge in [-0.05, 0) is 17.7 Å². The standard InChI is InChI=1S/C14H16N2O3/c1-15(2)13(18)7-10-4-3-5-11(6-10)16-9-12(17)8-14(16)19/h3-6H,7-9H2,1-2H3. The molecular formula is C14H16N2O3. The quantitative estimate of drug-likeness (QED) is 0.749. The number of anilines is 1. The van der Waals surface area contributed by atoms with Gasteiger partial charge >= 0.3 is 0 Å². The SMILES string of the molecule is CN(C)C(=O)Cc1cccc(N2CC(=O)CC2=O)c1. The lowest BCUT2D eigenvalue weighted by atomic mass is 10.1. The maximum absolute atomic E-state index is 11.7. The molecule has 1 heterocycles. The van der Waals surface area contributed by atoms with Gasteiger partial charge in [-0.25, -0.2) is 0 Å². The summed E-state index contributed by atoms with van der Waals surface area (Å²) >= 11 is 0. The lowest BCUT2D eigenvalue weighted by Gasteiger charge is -2.16. The zero-order valence-electron chi connectivity index (χ0n) is 11.0. The first-order valence-corrected chi connectivity index (χ1v) is 6.08. The molecule has 100 valence electrons. The summed E-state index contributed by atoms with van der Waals surface area (Å²) in [5.41, 5.74) is 1.52. The average Bonchev–Trinajstić information content (AvgIpc) is 2.68. The van der Waals surface area contributed by atoms with Crippen LogP contribution in [0.4, 0.5) is 5.69 Å². The number of ketones is 1. The van der Waals surface area contributed by atoms with Crippen molar-refractivity contribution in [1.82, 2.24) is 4.90 Å². The van der Waals surface area contributed by atoms with E-state index in [9.17, 15) is 14.4 Å². The molecule has 5 nitrogen and oxygen atoms in total. The van der Waals surface area contributed by atoms with E-state index < -0.39 is 0 Å². The van der Waals surface area contributed by atoms with Crippen molar-refractivity contribution < 1.29 is 14.4 Å². The lowest BCUT2D eigenvalue weighted by molar-refractivity contribution is -0.128. The molecule has 1 saturated heterocycles. The first kappa shape index (κ1) is 13.3. The van der Waals surface area contributed by atoms with E-state index in [1.165, 1.54) is 9.80 Å². The summed E-state index contributed by atoms with van der Waals surface area (Å²) < 4.78 is 0. The van der Waals surface area contributed by atoms with Crippen molar-refractivity contribution in [1.29, 1.82) is 0 Å². The van der Waals surface area contributed by atoms with Crippen LogP contribution in [0.3, 0.4) is 0 Å². The molecule has 2 rings (SSSR count). The molecule has 0 aromatic heterocycles. The second-order valence-corrected chi connectivity index (χ2v) is 4.83. The summed E-state index contributed by atoms with van der Waals surface area (Å²) in [6.07, 6.45) is 0.262. The van der Waals surface area contributed by atoms with Crippen LogP contribution in [0.2, 0.25) is 0 Å². The minimum absolute atomic E-state index is 0.000903. The Hall–Kier alpha value is -2.17. The number of benzene rings is 1. The van der Waals surface area contributed by atoms with Gasteiger partial charge in [0, 0.05) is 19.8 Å². The molecule has 0 spiro atoms. The molecule has 1 aromatic rings. The maximum Gasteiger partial charge on any atom is 0.234 e. The summed E-state index contributed by atoms with van der Waals surface area (Å²) in [5.74, 6) is -0.248. The Bertz CT molecular complexity index is 537. The molecule has 0 saturated carbocycles. The molecule has 1 aliphatic rings. The lowest BCUT2D eigenvalue weighted by Crippen LogP contribution is -2.25. The number of carbonyl (C=O) groups is 3. The number of nitrogens with zero attached hydrogens (tertiary/aromatic N) is 2. The van der Waals surface area contributed by atoms with E-state index in [1.807, 2.05) is 6.07 Å². The fourth-order valence-electron chi connectivity index (χ4n) is 1.99. The number of carbonyl (C=O) groups excluding carboxylic acids is 3. The number of Topliss-reactive ketones (excluding diaryl/α,β-unsaturated/α-hetero) is 1. The first-order chi connectivity index (χ1) is 8.97. The van der Waals surface area contributed by atoms with Crippen LogP contribution in [0.1, 0.15) is 12.0 Å². The molecule has 0 unspecified atom stereocenters. The van der Waals surface area contributed by atoms with Gasteiger partial charge in [0.25, 0.3) is 0 Å². The molecule has 0 bridgehead atoms. The largest absolute Gasteiger partial charge is 0.349 e. The van der Waals surface area contributed by atoms with Crippen molar-refractivity contribution in [2.24, 2.45) is 0 Å². The second-order valence-electron chi connectivity index (χ2n) is 4.83. The third-order valence-corrected chi connectivity index (χ3v) is 3.06. The Kier molecular flexibility index (Phi) is 3.64. The summed E-state index contributed by atoms with van der Waals surface area (Å²) in [6.45, 7) is 0.129. The van der Waals surface area contributed by atoms with E-state index in [0.717, 1.165) is 5.56 Å². The van der Waals surface area contributed by atoms with Gasteiger partial charge < -0.3 is 9.80 Å². The Morgan fingerprint density at radius 3 is 2.63 bits per heavy atom. The van der Waals surface area contributed by atoms with Crippen LogP contribution in [0.15, 0.2) is 24.3 Å². The van der Waals surface area contributed by atoms with E-state index >= 15 is 0 Å². The predicted molar refractivity (Wildman–Crippen MR) is 70.8 cm³/mol. The van der Waals surface area contributed by atoms with E-state index in [1.54, 1.807) is 32.3 Å². The van der Waals surface area contributed by atoms with Crippen LogP contribution in [-0.2, 0) is 20.8 Å². The molecule has 1 fully saturated rings. The van der Waals surface area contributed by atoms with E-state index in [2.05, 4.69) is 0 Å². The molecule has 0 aliphatic carbocycles. The maximum atomic E-state index is 11.7. The molecule has 1 aromatic carbocycles. The molecule has 0 atom stereocenters. The molecule has 2 amide bonds. The zero-order valence-corrected chi connectivity index (χ0v) is 11.0. The minimum Gasteiger partial charge on any atom is -0.349 e. The Morgan fingerprint density at radius 1 is 1.32 bits per heavy atom. The molecule has 0 radical (unpaired) electrons. The number of hydrogen-bond acceptors (Lipinski definition) is 3. The first-order valence-electron chi connectivity index (χ1n) is 6.08. The van der Waals surface area contributed by atoms with Crippen molar-refractivity contribution in [3.63, 3.8) is 0 Å². The minimum atomic E-state index is -0.180. The van der Waals surface area contributed by atoms with Crippen LogP contribution >= 0.6 is 0 Å². The highest BCUT2D eigenvalue weighted by molar-refractivity contribution is 6.15. The number of rotatable bonds is 3. The van der Waals surface area contributed by atoms with Gasteiger partial charge in [0.15, 0.2) is 5.78 Å². The third kappa shape index (κ3) is 2.99. The highest BCUT2D eigenvalue weighted by Gasteiger charge is 2.28. The third-order valence-electron chi connectivity index (χ3n) is 3.06. The molecule has 19 heavy (non-hydrogen) atoms. The normalized spacial score (nSPS) is 14.9. The molecule has 1 aliphatic heterocycles. The van der Waals surface area contributed by atoms with E-state index in [4.69, 9.17) is 0 Å². The number of likely N-dealkylation sites (N-methyl/N-ethyl adjacent to an activating group) is 1. The van der Waals surface area contributed by atoms with E-state index in [-0.39, 0.29) is 37.0 Å². The molecule has 5 heteroatoms. The second kappa shape index (κ2) is 5.22. The van der Waals surface area contributed by atoms with Crippen molar-refractivity contribution in [3.05, 3.63) is 29.8 Å². The van der Waals surface area contributed by atoms with Gasteiger partial charge in [-0.2, -0.15) is 0 Å². The van der Waals surface area contributed by atoms with Crippen LogP contribution in [0.5, 0.6) is 0 Å². The average molecular weight is 260 g/mol. The van der Waals surface area contributed by atoms with Gasteiger partial charge in [-0.1, -0.05) is 12.1 Å². The van der Waals surface area contributed by atoms with E-state index in [0.29, 0.717) is 5.69 Å². The molecular weight excluding hydrogens is 244 g/mol. The number of amides is 2. The van der Waals surface area contributed by atoms with Gasteiger partial charge in [-0.3, -0.25) is 14.4 Å². The van der Waals surface area contributed by atoms with Crippen molar-refractivity contribution in [2.45, 2.75) is 12.8 Å². The summed E-state index contributed by atoms with van der Waals surface area (Å²) in [7, 11) is 3.41. The Balaban J connectivity index is 2.18. The fraction of sp³-hybridized carbons (Fsp3) is 0.357. The van der Waals surface area contributed by atoms with Crippen LogP contribution in [0, 0.1) is 0 Å². The van der Waals surface area contributed by atoms with Crippen molar-refractivity contribution in [2.75, 3.05) is 25.5 Å². The summed E-state index contributed by atoms with van der Waals surface area (Å²) in [5, 5.41) is 0. The highest BCUT2D eigenvalue weighted by atomic mass is 16.2. The molecule has 0 N–H and O–H groups in total. The smallest absolute Gasteiger partial charge is 0.234 e. The Labute approximate surface area is 111 Å². The fourth-order valence-corrected chi connectivity index (χ4v) is 1.99. The summed E-state index contributed by atoms with van der Waals surface area (Å²) in [4.78, 5) is 37.6. The van der Waals surface area contributed by atoms with Gasteiger partial charge in [0.05, 0.1) is 19.4 Å². The van der Waals surface area contributed by atoms with Gasteiger partial charge in [0.1, 0.15) is 0 Å². The highest BCUT2D eigenvalue weighted by Crippen LogP contribution is 2.21. The Morgan fingerprint density at radius 2 is 2.05 bits per heavy atom. The van der Waals surface area contributed by atoms with Crippen LogP contribution in [-0.4, -0.2) is 43.1 Å².